The molecule has 0 atom stereocenters. The summed E-state index contributed by atoms with van der Waals surface area (Å²) < 4.78 is 0. The summed E-state index contributed by atoms with van der Waals surface area (Å²) in [5.74, 6) is 0.272. The summed E-state index contributed by atoms with van der Waals surface area (Å²) in [6.07, 6.45) is 2.98. The van der Waals surface area contributed by atoms with Gasteiger partial charge >= 0.3 is 0 Å². The van der Waals surface area contributed by atoms with Crippen molar-refractivity contribution in [1.29, 1.82) is 0 Å². The maximum Gasteiger partial charge on any atom is 0.257 e. The molecular weight excluding hydrogens is 252 g/mol. The molecule has 0 unspecified atom stereocenters. The Kier molecular flexibility index (Phi) is 3.09. The molecule has 5 nitrogen and oxygen atoms in total. The van der Waals surface area contributed by atoms with Crippen molar-refractivity contribution in [2.45, 2.75) is 6.92 Å². The molecular formula is C15H12N4O. The molecule has 0 aliphatic carbocycles. The first-order valence-electron chi connectivity index (χ1n) is 6.18. The van der Waals surface area contributed by atoms with Crippen molar-refractivity contribution < 1.29 is 4.79 Å². The zero-order valence-electron chi connectivity index (χ0n) is 10.9. The van der Waals surface area contributed by atoms with Crippen LogP contribution in [0.5, 0.6) is 0 Å². The van der Waals surface area contributed by atoms with Gasteiger partial charge in [0.05, 0.1) is 11.1 Å². The summed E-state index contributed by atoms with van der Waals surface area (Å²) in [4.78, 5) is 24.6. The number of anilines is 1. The minimum Gasteiger partial charge on any atom is -0.306 e. The Balaban J connectivity index is 2.03. The smallest absolute Gasteiger partial charge is 0.257 e. The average Bonchev–Trinajstić information content (AvgIpc) is 2.47. The van der Waals surface area contributed by atoms with E-state index in [0.29, 0.717) is 11.4 Å². The molecule has 3 aromatic rings. The Morgan fingerprint density at radius 1 is 1.20 bits per heavy atom. The maximum absolute atomic E-state index is 12.4. The van der Waals surface area contributed by atoms with Gasteiger partial charge in [0.15, 0.2) is 0 Å². The van der Waals surface area contributed by atoms with E-state index in [1.165, 1.54) is 6.33 Å². The van der Waals surface area contributed by atoms with Crippen LogP contribution in [0.1, 0.15) is 16.1 Å². The summed E-state index contributed by atoms with van der Waals surface area (Å²) in [7, 11) is 0. The first kappa shape index (κ1) is 12.2. The molecule has 3 rings (SSSR count). The number of benzene rings is 1. The van der Waals surface area contributed by atoms with E-state index < -0.39 is 0 Å². The van der Waals surface area contributed by atoms with Crippen LogP contribution in [0.3, 0.4) is 0 Å². The quantitative estimate of drug-likeness (QED) is 0.772. The molecule has 0 radical (unpaired) electrons. The lowest BCUT2D eigenvalue weighted by Crippen LogP contribution is -2.14. The van der Waals surface area contributed by atoms with Crippen LogP contribution in [0.25, 0.3) is 10.9 Å². The lowest BCUT2D eigenvalue weighted by atomic mass is 10.1. The van der Waals surface area contributed by atoms with E-state index in [1.54, 1.807) is 18.3 Å². The standard InChI is InChI=1S/C15H12N4O/c1-10-8-12(11-4-2-3-5-13(11)18-10)15(20)19-14-6-7-16-9-17-14/h2-9H,1H3,(H,16,17,19,20). The van der Waals surface area contributed by atoms with E-state index in [0.717, 1.165) is 16.6 Å². The van der Waals surface area contributed by atoms with Gasteiger partial charge in [-0.1, -0.05) is 18.2 Å². The van der Waals surface area contributed by atoms with Crippen LogP contribution in [-0.2, 0) is 0 Å². The summed E-state index contributed by atoms with van der Waals surface area (Å²) in [6, 6.07) is 11.0. The van der Waals surface area contributed by atoms with Crippen LogP contribution < -0.4 is 5.32 Å². The van der Waals surface area contributed by atoms with Gasteiger partial charge in [0, 0.05) is 17.3 Å². The van der Waals surface area contributed by atoms with Crippen LogP contribution in [0, 0.1) is 6.92 Å². The molecule has 0 bridgehead atoms. The van der Waals surface area contributed by atoms with Crippen LogP contribution in [0.2, 0.25) is 0 Å². The van der Waals surface area contributed by atoms with Gasteiger partial charge in [-0.15, -0.1) is 0 Å². The third-order valence-corrected chi connectivity index (χ3v) is 2.91. The number of pyridine rings is 1. The van der Waals surface area contributed by atoms with Crippen molar-refractivity contribution in [3.63, 3.8) is 0 Å². The summed E-state index contributed by atoms with van der Waals surface area (Å²) in [5.41, 5.74) is 2.20. The van der Waals surface area contributed by atoms with Crippen LogP contribution in [-0.4, -0.2) is 20.9 Å². The van der Waals surface area contributed by atoms with E-state index in [4.69, 9.17) is 0 Å². The number of carbonyl (C=O) groups is 1. The highest BCUT2D eigenvalue weighted by Crippen LogP contribution is 2.19. The first-order valence-corrected chi connectivity index (χ1v) is 6.18. The van der Waals surface area contributed by atoms with Crippen molar-refractivity contribution in [3.05, 3.63) is 60.2 Å². The second kappa shape index (κ2) is 5.05. The minimum absolute atomic E-state index is 0.203. The van der Waals surface area contributed by atoms with Crippen molar-refractivity contribution >= 4 is 22.6 Å². The molecule has 5 heteroatoms. The molecule has 2 aromatic heterocycles. The van der Waals surface area contributed by atoms with Gasteiger partial charge in [-0.2, -0.15) is 0 Å². The molecule has 0 aliphatic rings. The monoisotopic (exact) mass is 264 g/mol. The largest absolute Gasteiger partial charge is 0.306 e. The molecule has 0 saturated carbocycles. The summed E-state index contributed by atoms with van der Waals surface area (Å²) >= 11 is 0. The van der Waals surface area contributed by atoms with Crippen molar-refractivity contribution in [3.8, 4) is 0 Å². The molecule has 1 aromatic carbocycles. The Hall–Kier alpha value is -2.82. The average molecular weight is 264 g/mol. The van der Waals surface area contributed by atoms with E-state index in [-0.39, 0.29) is 5.91 Å². The number of carbonyl (C=O) groups excluding carboxylic acids is 1. The number of rotatable bonds is 2. The Morgan fingerprint density at radius 3 is 2.85 bits per heavy atom. The van der Waals surface area contributed by atoms with Crippen LogP contribution in [0.15, 0.2) is 48.9 Å². The predicted molar refractivity (Wildman–Crippen MR) is 76.5 cm³/mol. The van der Waals surface area contributed by atoms with E-state index in [2.05, 4.69) is 20.3 Å². The topological polar surface area (TPSA) is 67.8 Å². The number of para-hydroxylation sites is 1. The number of nitrogens with one attached hydrogen (secondary N) is 1. The predicted octanol–water partition coefficient (Wildman–Crippen LogP) is 2.59. The van der Waals surface area contributed by atoms with Crippen molar-refractivity contribution in [1.82, 2.24) is 15.0 Å². The molecule has 1 N–H and O–H groups in total. The first-order chi connectivity index (χ1) is 9.74. The Morgan fingerprint density at radius 2 is 2.05 bits per heavy atom. The number of nitrogens with zero attached hydrogens (tertiary/aromatic N) is 3. The Bertz CT molecular complexity index is 771. The second-order valence-electron chi connectivity index (χ2n) is 4.38. The highest BCUT2D eigenvalue weighted by atomic mass is 16.1. The minimum atomic E-state index is -0.203. The lowest BCUT2D eigenvalue weighted by molar-refractivity contribution is 0.102. The Labute approximate surface area is 115 Å². The number of hydrogen-bond donors (Lipinski definition) is 1. The van der Waals surface area contributed by atoms with Gasteiger partial charge in [-0.25, -0.2) is 9.97 Å². The molecule has 98 valence electrons. The normalized spacial score (nSPS) is 10.4. The molecule has 0 spiro atoms. The SMILES string of the molecule is Cc1cc(C(=O)Nc2ccncn2)c2ccccc2n1. The molecule has 2 heterocycles. The van der Waals surface area contributed by atoms with E-state index in [9.17, 15) is 4.79 Å². The fourth-order valence-electron chi connectivity index (χ4n) is 2.04. The second-order valence-corrected chi connectivity index (χ2v) is 4.38. The van der Waals surface area contributed by atoms with Crippen molar-refractivity contribution in [2.75, 3.05) is 5.32 Å². The third-order valence-electron chi connectivity index (χ3n) is 2.91. The fraction of sp³-hybridized carbons (Fsp3) is 0.0667. The molecule has 0 saturated heterocycles. The number of fused-ring (bicyclic) bond motifs is 1. The number of hydrogen-bond acceptors (Lipinski definition) is 4. The summed E-state index contributed by atoms with van der Waals surface area (Å²) in [5, 5.41) is 3.58. The number of aromatic nitrogens is 3. The highest BCUT2D eigenvalue weighted by molar-refractivity contribution is 6.12. The lowest BCUT2D eigenvalue weighted by Gasteiger charge is -2.08. The van der Waals surface area contributed by atoms with Gasteiger partial charge in [-0.3, -0.25) is 9.78 Å². The highest BCUT2D eigenvalue weighted by Gasteiger charge is 2.12. The van der Waals surface area contributed by atoms with E-state index >= 15 is 0 Å². The molecule has 0 fully saturated rings. The number of amides is 1. The summed E-state index contributed by atoms with van der Waals surface area (Å²) in [6.45, 7) is 1.87. The van der Waals surface area contributed by atoms with Gasteiger partial charge in [0.2, 0.25) is 0 Å². The third kappa shape index (κ3) is 2.33. The van der Waals surface area contributed by atoms with E-state index in [1.807, 2.05) is 31.2 Å². The van der Waals surface area contributed by atoms with Gasteiger partial charge in [-0.05, 0) is 25.1 Å². The van der Waals surface area contributed by atoms with Gasteiger partial charge in [0.1, 0.15) is 12.1 Å². The zero-order valence-corrected chi connectivity index (χ0v) is 10.9. The number of aryl methyl sites for hydroxylation is 1. The molecule has 0 aliphatic heterocycles. The van der Waals surface area contributed by atoms with Gasteiger partial charge in [0.25, 0.3) is 5.91 Å². The van der Waals surface area contributed by atoms with Crippen LogP contribution >= 0.6 is 0 Å². The molecule has 20 heavy (non-hydrogen) atoms. The van der Waals surface area contributed by atoms with Crippen molar-refractivity contribution in [2.24, 2.45) is 0 Å². The van der Waals surface area contributed by atoms with Gasteiger partial charge < -0.3 is 5.32 Å². The maximum atomic E-state index is 12.4. The fourth-order valence-corrected chi connectivity index (χ4v) is 2.04. The zero-order chi connectivity index (χ0) is 13.9. The molecule has 1 amide bonds. The van der Waals surface area contributed by atoms with Crippen LogP contribution in [0.4, 0.5) is 5.82 Å².